The number of aliphatic hydroxyl groups excluding tert-OH is 1. The molecule has 6 heteroatoms. The third-order valence-corrected chi connectivity index (χ3v) is 2.75. The van der Waals surface area contributed by atoms with Crippen molar-refractivity contribution in [1.29, 1.82) is 0 Å². The van der Waals surface area contributed by atoms with Crippen molar-refractivity contribution in [1.82, 2.24) is 5.32 Å². The van der Waals surface area contributed by atoms with Crippen molar-refractivity contribution < 1.29 is 19.4 Å². The molecule has 106 valence electrons. The van der Waals surface area contributed by atoms with E-state index in [-0.39, 0.29) is 12.5 Å². The van der Waals surface area contributed by atoms with E-state index in [0.29, 0.717) is 29.5 Å². The minimum atomic E-state index is -0.658. The number of hydrogen-bond acceptors (Lipinski definition) is 4. The zero-order valence-electron chi connectivity index (χ0n) is 11.0. The molecule has 0 bridgehead atoms. The van der Waals surface area contributed by atoms with Crippen LogP contribution >= 0.6 is 11.6 Å². The standard InChI is InChI=1S/C13H18ClNO4/c1-9(13(17)15-5-6-18-2)19-12-4-3-10(8-16)7-11(12)14/h3-4,7,9,16H,5-6,8H2,1-2H3,(H,15,17). The van der Waals surface area contributed by atoms with Gasteiger partial charge in [0.25, 0.3) is 5.91 Å². The molecule has 1 atom stereocenters. The molecule has 2 N–H and O–H groups in total. The largest absolute Gasteiger partial charge is 0.479 e. The number of benzene rings is 1. The number of hydrogen-bond donors (Lipinski definition) is 2. The lowest BCUT2D eigenvalue weighted by Crippen LogP contribution is -2.37. The molecule has 0 aromatic heterocycles. The maximum Gasteiger partial charge on any atom is 0.260 e. The third-order valence-electron chi connectivity index (χ3n) is 2.46. The summed E-state index contributed by atoms with van der Waals surface area (Å²) < 4.78 is 10.3. The van der Waals surface area contributed by atoms with E-state index in [4.69, 9.17) is 26.2 Å². The second-order valence-corrected chi connectivity index (χ2v) is 4.37. The minimum Gasteiger partial charge on any atom is -0.479 e. The molecule has 0 heterocycles. The number of aliphatic hydroxyl groups is 1. The second kappa shape index (κ2) is 7.99. The molecule has 0 radical (unpaired) electrons. The molecule has 0 aliphatic carbocycles. The summed E-state index contributed by atoms with van der Waals surface area (Å²) >= 11 is 6.00. The quantitative estimate of drug-likeness (QED) is 0.743. The molecule has 0 spiro atoms. The smallest absolute Gasteiger partial charge is 0.260 e. The maximum atomic E-state index is 11.7. The molecule has 1 unspecified atom stereocenters. The van der Waals surface area contributed by atoms with Gasteiger partial charge in [0.15, 0.2) is 6.10 Å². The van der Waals surface area contributed by atoms with Gasteiger partial charge in [0.05, 0.1) is 18.2 Å². The Morgan fingerprint density at radius 2 is 2.26 bits per heavy atom. The van der Waals surface area contributed by atoms with Gasteiger partial charge in [0, 0.05) is 13.7 Å². The molecule has 1 aromatic carbocycles. The van der Waals surface area contributed by atoms with Crippen molar-refractivity contribution >= 4 is 17.5 Å². The van der Waals surface area contributed by atoms with Gasteiger partial charge in [0.1, 0.15) is 5.75 Å². The van der Waals surface area contributed by atoms with Crippen molar-refractivity contribution in [3.05, 3.63) is 28.8 Å². The first-order chi connectivity index (χ1) is 9.08. The van der Waals surface area contributed by atoms with Crippen LogP contribution in [0.1, 0.15) is 12.5 Å². The Morgan fingerprint density at radius 1 is 1.53 bits per heavy atom. The number of methoxy groups -OCH3 is 1. The normalized spacial score (nSPS) is 12.0. The second-order valence-electron chi connectivity index (χ2n) is 3.97. The van der Waals surface area contributed by atoms with E-state index in [9.17, 15) is 4.79 Å². The van der Waals surface area contributed by atoms with Gasteiger partial charge in [-0.3, -0.25) is 4.79 Å². The number of carbonyl (C=O) groups excluding carboxylic acids is 1. The van der Waals surface area contributed by atoms with Crippen LogP contribution in [0.25, 0.3) is 0 Å². The third kappa shape index (κ3) is 5.06. The molecule has 0 saturated carbocycles. The number of halogens is 1. The van der Waals surface area contributed by atoms with Crippen molar-refractivity contribution in [3.8, 4) is 5.75 Å². The van der Waals surface area contributed by atoms with E-state index in [1.807, 2.05) is 0 Å². The molecule has 1 amide bonds. The highest BCUT2D eigenvalue weighted by Gasteiger charge is 2.15. The first kappa shape index (κ1) is 15.8. The number of ether oxygens (including phenoxy) is 2. The summed E-state index contributed by atoms with van der Waals surface area (Å²) in [7, 11) is 1.56. The average Bonchev–Trinajstić information content (AvgIpc) is 2.41. The average molecular weight is 288 g/mol. The lowest BCUT2D eigenvalue weighted by atomic mass is 10.2. The minimum absolute atomic E-state index is 0.0902. The number of carbonyl (C=O) groups is 1. The fraction of sp³-hybridized carbons (Fsp3) is 0.462. The topological polar surface area (TPSA) is 67.8 Å². The van der Waals surface area contributed by atoms with E-state index in [2.05, 4.69) is 5.32 Å². The van der Waals surface area contributed by atoms with Crippen LogP contribution in [-0.2, 0) is 16.1 Å². The van der Waals surface area contributed by atoms with Crippen LogP contribution in [0, 0.1) is 0 Å². The van der Waals surface area contributed by atoms with Gasteiger partial charge in [-0.05, 0) is 24.6 Å². The fourth-order valence-corrected chi connectivity index (χ4v) is 1.65. The van der Waals surface area contributed by atoms with E-state index in [0.717, 1.165) is 0 Å². The van der Waals surface area contributed by atoms with Gasteiger partial charge in [0.2, 0.25) is 0 Å². The summed E-state index contributed by atoms with van der Waals surface area (Å²) in [6, 6.07) is 4.93. The predicted molar refractivity (Wildman–Crippen MR) is 72.4 cm³/mol. The molecule has 5 nitrogen and oxygen atoms in total. The van der Waals surface area contributed by atoms with Gasteiger partial charge in [-0.15, -0.1) is 0 Å². The predicted octanol–water partition coefficient (Wildman–Crippen LogP) is 1.36. The first-order valence-electron chi connectivity index (χ1n) is 5.91. The molecule has 0 aliphatic rings. The van der Waals surface area contributed by atoms with Gasteiger partial charge in [-0.2, -0.15) is 0 Å². The van der Waals surface area contributed by atoms with Crippen LogP contribution in [0.3, 0.4) is 0 Å². The Labute approximate surface area is 117 Å². The number of amides is 1. The van der Waals surface area contributed by atoms with E-state index in [1.165, 1.54) is 0 Å². The lowest BCUT2D eigenvalue weighted by molar-refractivity contribution is -0.127. The summed E-state index contributed by atoms with van der Waals surface area (Å²) in [5.74, 6) is 0.174. The number of rotatable bonds is 7. The SMILES string of the molecule is COCCNC(=O)C(C)Oc1ccc(CO)cc1Cl. The van der Waals surface area contributed by atoms with Crippen molar-refractivity contribution in [2.24, 2.45) is 0 Å². The highest BCUT2D eigenvalue weighted by molar-refractivity contribution is 6.32. The Bertz CT molecular complexity index is 425. The summed E-state index contributed by atoms with van der Waals surface area (Å²) in [6.07, 6.45) is -0.658. The zero-order valence-corrected chi connectivity index (χ0v) is 11.7. The Hall–Kier alpha value is -1.30. The zero-order chi connectivity index (χ0) is 14.3. The van der Waals surface area contributed by atoms with E-state index in [1.54, 1.807) is 32.2 Å². The van der Waals surface area contributed by atoms with Gasteiger partial charge < -0.3 is 19.9 Å². The molecule has 0 saturated heterocycles. The summed E-state index contributed by atoms with van der Waals surface area (Å²) in [6.45, 7) is 2.43. The van der Waals surface area contributed by atoms with Crippen LogP contribution in [0.5, 0.6) is 5.75 Å². The van der Waals surface area contributed by atoms with Crippen LogP contribution in [0.4, 0.5) is 0 Å². The molecule has 19 heavy (non-hydrogen) atoms. The van der Waals surface area contributed by atoms with Gasteiger partial charge in [-0.25, -0.2) is 0 Å². The van der Waals surface area contributed by atoms with Crippen LogP contribution in [-0.4, -0.2) is 37.4 Å². The van der Waals surface area contributed by atoms with Gasteiger partial charge >= 0.3 is 0 Å². The summed E-state index contributed by atoms with van der Waals surface area (Å²) in [4.78, 5) is 11.7. The van der Waals surface area contributed by atoms with Crippen molar-refractivity contribution in [2.45, 2.75) is 19.6 Å². The van der Waals surface area contributed by atoms with Crippen LogP contribution in [0.15, 0.2) is 18.2 Å². The van der Waals surface area contributed by atoms with Crippen molar-refractivity contribution in [3.63, 3.8) is 0 Å². The molecular weight excluding hydrogens is 270 g/mol. The van der Waals surface area contributed by atoms with E-state index < -0.39 is 6.10 Å². The highest BCUT2D eigenvalue weighted by Crippen LogP contribution is 2.26. The summed E-state index contributed by atoms with van der Waals surface area (Å²) in [5, 5.41) is 12.0. The number of nitrogens with one attached hydrogen (secondary N) is 1. The van der Waals surface area contributed by atoms with E-state index >= 15 is 0 Å². The monoisotopic (exact) mass is 287 g/mol. The Balaban J connectivity index is 2.56. The maximum absolute atomic E-state index is 11.7. The van der Waals surface area contributed by atoms with Crippen LogP contribution < -0.4 is 10.1 Å². The summed E-state index contributed by atoms with van der Waals surface area (Å²) in [5.41, 5.74) is 0.689. The lowest BCUT2D eigenvalue weighted by Gasteiger charge is -2.15. The Morgan fingerprint density at radius 3 is 2.84 bits per heavy atom. The first-order valence-corrected chi connectivity index (χ1v) is 6.29. The molecule has 0 fully saturated rings. The van der Waals surface area contributed by atoms with Crippen molar-refractivity contribution in [2.75, 3.05) is 20.3 Å². The highest BCUT2D eigenvalue weighted by atomic mass is 35.5. The van der Waals surface area contributed by atoms with Gasteiger partial charge in [-0.1, -0.05) is 17.7 Å². The molecular formula is C13H18ClNO4. The molecule has 1 rings (SSSR count). The molecule has 1 aromatic rings. The fourth-order valence-electron chi connectivity index (χ4n) is 1.40. The Kier molecular flexibility index (Phi) is 6.62. The molecule has 0 aliphatic heterocycles. The van der Waals surface area contributed by atoms with Crippen LogP contribution in [0.2, 0.25) is 5.02 Å².